The highest BCUT2D eigenvalue weighted by Crippen LogP contribution is 2.33. The lowest BCUT2D eigenvalue weighted by Gasteiger charge is -2.32. The monoisotopic (exact) mass is 545 g/mol. The van der Waals surface area contributed by atoms with Gasteiger partial charge in [-0.1, -0.05) is 6.42 Å². The lowest BCUT2D eigenvalue weighted by atomic mass is 9.86. The molecular formula is C26H39N7O6. The number of imidazole rings is 1. The highest BCUT2D eigenvalue weighted by atomic mass is 16.6. The molecule has 4 atom stereocenters. The highest BCUT2D eigenvalue weighted by molar-refractivity contribution is 5.83. The molecule has 2 saturated heterocycles. The summed E-state index contributed by atoms with van der Waals surface area (Å²) in [6, 6.07) is 0. The van der Waals surface area contributed by atoms with Crippen LogP contribution in [0.25, 0.3) is 11.2 Å². The molecule has 0 spiro atoms. The molecule has 5 rings (SSSR count). The van der Waals surface area contributed by atoms with E-state index in [2.05, 4.69) is 20.3 Å². The third-order valence-corrected chi connectivity index (χ3v) is 8.17. The second-order valence-electron chi connectivity index (χ2n) is 10.9. The number of aliphatic hydroxyl groups excluding tert-OH is 2. The van der Waals surface area contributed by atoms with Gasteiger partial charge in [0.2, 0.25) is 0 Å². The third-order valence-electron chi connectivity index (χ3n) is 8.17. The number of amides is 2. The van der Waals surface area contributed by atoms with Gasteiger partial charge in [0.05, 0.1) is 12.9 Å². The zero-order valence-corrected chi connectivity index (χ0v) is 22.4. The first-order valence-electron chi connectivity index (χ1n) is 14.1. The molecular weight excluding hydrogens is 506 g/mol. The Kier molecular flexibility index (Phi) is 8.48. The molecule has 5 N–H and O–H groups in total. The number of aliphatic hydroxyl groups is 2. The van der Waals surface area contributed by atoms with Gasteiger partial charge in [-0.3, -0.25) is 9.36 Å². The van der Waals surface area contributed by atoms with Crippen molar-refractivity contribution in [3.63, 3.8) is 0 Å². The van der Waals surface area contributed by atoms with Gasteiger partial charge in [0.1, 0.15) is 23.5 Å². The molecule has 0 radical (unpaired) electrons. The first-order chi connectivity index (χ1) is 18.9. The van der Waals surface area contributed by atoms with E-state index in [0.717, 1.165) is 51.6 Å². The Hall–Kier alpha value is -3.03. The number of rotatable bonds is 9. The normalized spacial score (nSPS) is 26.1. The zero-order valence-electron chi connectivity index (χ0n) is 22.4. The maximum absolute atomic E-state index is 12.3. The largest absolute Gasteiger partial charge is 0.449 e. The number of carbonyl (C=O) groups excluding carboxylic acids is 2. The van der Waals surface area contributed by atoms with Crippen LogP contribution in [0.4, 0.5) is 10.6 Å². The SMILES string of the molecule is CCNC(=O)[C@H]1O[C@@H](n2cnc3c(N)nc(CCCC4CCN(C(=O)OCC5CCC5)CC4)nc32)C(O)[C@H]1O. The molecule has 3 fully saturated rings. The summed E-state index contributed by atoms with van der Waals surface area (Å²) in [6.45, 7) is 4.12. The van der Waals surface area contributed by atoms with Gasteiger partial charge >= 0.3 is 6.09 Å². The standard InChI is InChI=1S/C26H39N7O6/c1-2-28-24(36)21-19(34)20(35)25(39-21)33-14-29-18-22(27)30-17(31-23(18)33)8-4-5-15-9-11-32(12-10-15)26(37)38-13-16-6-3-7-16/h14-16,19-21,25,34-35H,2-13H2,1H3,(H,28,36)(H2,27,30,31)/t19-,20?,21+,25-/m1/s1. The van der Waals surface area contributed by atoms with Gasteiger partial charge in [-0.15, -0.1) is 0 Å². The molecule has 1 saturated carbocycles. The van der Waals surface area contributed by atoms with Crippen LogP contribution in [0.15, 0.2) is 6.33 Å². The van der Waals surface area contributed by atoms with E-state index in [4.69, 9.17) is 15.2 Å². The number of aromatic nitrogens is 4. The quantitative estimate of drug-likeness (QED) is 0.357. The molecule has 13 heteroatoms. The Morgan fingerprint density at radius 1 is 1.15 bits per heavy atom. The fraction of sp³-hybridized carbons (Fsp3) is 0.731. The van der Waals surface area contributed by atoms with E-state index in [0.29, 0.717) is 48.4 Å². The Morgan fingerprint density at radius 3 is 2.62 bits per heavy atom. The lowest BCUT2D eigenvalue weighted by molar-refractivity contribution is -0.137. The topological polar surface area (TPSA) is 178 Å². The van der Waals surface area contributed by atoms with Gasteiger partial charge in [-0.2, -0.15) is 0 Å². The predicted octanol–water partition coefficient (Wildman–Crippen LogP) is 1.14. The fourth-order valence-electron chi connectivity index (χ4n) is 5.56. The van der Waals surface area contributed by atoms with Crippen LogP contribution >= 0.6 is 0 Å². The molecule has 1 aliphatic carbocycles. The number of hydrogen-bond acceptors (Lipinski definition) is 10. The van der Waals surface area contributed by atoms with E-state index in [9.17, 15) is 19.8 Å². The summed E-state index contributed by atoms with van der Waals surface area (Å²) in [5, 5.41) is 23.6. The van der Waals surface area contributed by atoms with Crippen LogP contribution in [0.1, 0.15) is 63.9 Å². The number of piperidine rings is 1. The fourth-order valence-corrected chi connectivity index (χ4v) is 5.56. The third kappa shape index (κ3) is 5.94. The van der Waals surface area contributed by atoms with Crippen LogP contribution in [0.3, 0.4) is 0 Å². The van der Waals surface area contributed by atoms with Crippen molar-refractivity contribution < 1.29 is 29.3 Å². The van der Waals surface area contributed by atoms with Gasteiger partial charge in [-0.05, 0) is 57.3 Å². The molecule has 1 unspecified atom stereocenters. The maximum Gasteiger partial charge on any atom is 0.409 e. The van der Waals surface area contributed by atoms with Crippen LogP contribution in [-0.4, -0.2) is 91.2 Å². The van der Waals surface area contributed by atoms with Crippen LogP contribution in [0, 0.1) is 11.8 Å². The van der Waals surface area contributed by atoms with Gasteiger partial charge < -0.3 is 35.6 Å². The number of carbonyl (C=O) groups is 2. The molecule has 3 aliphatic rings. The Balaban J connectivity index is 1.15. The summed E-state index contributed by atoms with van der Waals surface area (Å²) in [6.07, 6.45) is 4.13. The van der Waals surface area contributed by atoms with E-state index in [-0.39, 0.29) is 11.9 Å². The van der Waals surface area contributed by atoms with Crippen molar-refractivity contribution in [1.29, 1.82) is 0 Å². The summed E-state index contributed by atoms with van der Waals surface area (Å²) in [7, 11) is 0. The zero-order chi connectivity index (χ0) is 27.5. The minimum absolute atomic E-state index is 0.185. The molecule has 2 aromatic rings. The van der Waals surface area contributed by atoms with Gasteiger partial charge in [0.25, 0.3) is 5.91 Å². The van der Waals surface area contributed by atoms with Crippen LogP contribution in [0.2, 0.25) is 0 Å². The van der Waals surface area contributed by atoms with Crippen LogP contribution in [-0.2, 0) is 20.7 Å². The Morgan fingerprint density at radius 2 is 1.92 bits per heavy atom. The van der Waals surface area contributed by atoms with Crippen molar-refractivity contribution in [3.05, 3.63) is 12.2 Å². The number of nitrogen functional groups attached to an aromatic ring is 1. The summed E-state index contributed by atoms with van der Waals surface area (Å²) in [4.78, 5) is 39.7. The van der Waals surface area contributed by atoms with Crippen molar-refractivity contribution in [3.8, 4) is 0 Å². The van der Waals surface area contributed by atoms with Gasteiger partial charge in [0.15, 0.2) is 23.8 Å². The van der Waals surface area contributed by atoms with E-state index in [1.165, 1.54) is 17.3 Å². The number of nitrogens with one attached hydrogen (secondary N) is 1. The number of likely N-dealkylation sites (tertiary alicyclic amines) is 1. The average Bonchev–Trinajstić information content (AvgIpc) is 3.44. The molecule has 2 aliphatic heterocycles. The Labute approximate surface area is 227 Å². The molecule has 39 heavy (non-hydrogen) atoms. The molecule has 214 valence electrons. The lowest BCUT2D eigenvalue weighted by Crippen LogP contribution is -2.42. The molecule has 0 bridgehead atoms. The number of anilines is 1. The minimum atomic E-state index is -1.39. The Bertz CT molecular complexity index is 1160. The number of nitrogens with zero attached hydrogens (tertiary/aromatic N) is 5. The van der Waals surface area contributed by atoms with Crippen molar-refractivity contribution >= 4 is 29.0 Å². The van der Waals surface area contributed by atoms with E-state index in [1.807, 2.05) is 4.90 Å². The minimum Gasteiger partial charge on any atom is -0.449 e. The average molecular weight is 546 g/mol. The molecule has 2 aromatic heterocycles. The van der Waals surface area contributed by atoms with E-state index in [1.54, 1.807) is 6.92 Å². The van der Waals surface area contributed by atoms with Crippen LogP contribution in [0.5, 0.6) is 0 Å². The summed E-state index contributed by atoms with van der Waals surface area (Å²) in [5.41, 5.74) is 6.90. The summed E-state index contributed by atoms with van der Waals surface area (Å²) >= 11 is 0. The second kappa shape index (κ2) is 12.0. The summed E-state index contributed by atoms with van der Waals surface area (Å²) in [5.74, 6) is 1.33. The smallest absolute Gasteiger partial charge is 0.409 e. The first kappa shape index (κ1) is 27.5. The second-order valence-corrected chi connectivity index (χ2v) is 10.9. The van der Waals surface area contributed by atoms with Crippen molar-refractivity contribution in [2.45, 2.75) is 82.8 Å². The number of hydrogen-bond donors (Lipinski definition) is 4. The van der Waals surface area contributed by atoms with Gasteiger partial charge in [0, 0.05) is 26.1 Å². The highest BCUT2D eigenvalue weighted by Gasteiger charge is 2.47. The number of nitrogens with two attached hydrogens (primary N) is 1. The number of fused-ring (bicyclic) bond motifs is 1. The number of aryl methyl sites for hydroxylation is 1. The van der Waals surface area contributed by atoms with Crippen molar-refractivity contribution in [1.82, 2.24) is 29.7 Å². The molecule has 4 heterocycles. The number of likely N-dealkylation sites (N-methyl/N-ethyl adjacent to an activating group) is 1. The van der Waals surface area contributed by atoms with Crippen LogP contribution < -0.4 is 11.1 Å². The molecule has 2 amide bonds. The van der Waals surface area contributed by atoms with E-state index < -0.39 is 30.4 Å². The number of ether oxygens (including phenoxy) is 2. The van der Waals surface area contributed by atoms with Crippen molar-refractivity contribution in [2.75, 3.05) is 32.0 Å². The predicted molar refractivity (Wildman–Crippen MR) is 140 cm³/mol. The molecule has 0 aromatic carbocycles. The van der Waals surface area contributed by atoms with Crippen molar-refractivity contribution in [2.24, 2.45) is 11.8 Å². The van der Waals surface area contributed by atoms with Gasteiger partial charge in [-0.25, -0.2) is 19.7 Å². The van der Waals surface area contributed by atoms with E-state index >= 15 is 0 Å². The first-order valence-corrected chi connectivity index (χ1v) is 14.1. The summed E-state index contributed by atoms with van der Waals surface area (Å²) < 4.78 is 12.7. The molecule has 13 nitrogen and oxygen atoms in total. The maximum atomic E-state index is 12.3.